The topological polar surface area (TPSA) is 3.24 Å². The van der Waals surface area contributed by atoms with E-state index in [0.29, 0.717) is 11.0 Å². The number of rotatable bonds is 1. The maximum Gasteiger partial charge on any atom is 0.0255 e. The molecule has 2 saturated heterocycles. The Kier molecular flexibility index (Phi) is 2.26. The van der Waals surface area contributed by atoms with Crippen molar-refractivity contribution in [2.24, 2.45) is 5.41 Å². The lowest BCUT2D eigenvalue weighted by Crippen LogP contribution is -2.41. The third-order valence-corrected chi connectivity index (χ3v) is 3.59. The van der Waals surface area contributed by atoms with Gasteiger partial charge in [-0.25, -0.2) is 0 Å². The number of fused-ring (bicyclic) bond motifs is 1. The van der Waals surface area contributed by atoms with Gasteiger partial charge in [0.2, 0.25) is 0 Å². The summed E-state index contributed by atoms with van der Waals surface area (Å²) >= 11 is 0. The van der Waals surface area contributed by atoms with Crippen molar-refractivity contribution in [2.75, 3.05) is 13.1 Å². The van der Waals surface area contributed by atoms with Crippen LogP contribution in [0.25, 0.3) is 0 Å². The zero-order chi connectivity index (χ0) is 10.4. The van der Waals surface area contributed by atoms with Crippen LogP contribution in [-0.2, 0) is 0 Å². The lowest BCUT2D eigenvalue weighted by molar-refractivity contribution is 0.130. The molecule has 0 aromatic carbocycles. The predicted molar refractivity (Wildman–Crippen MR) is 61.4 cm³/mol. The van der Waals surface area contributed by atoms with Gasteiger partial charge in [0.25, 0.3) is 0 Å². The standard InChI is InChI=1S/C13H23N/c1-11-8-13(10-12(2,3)4)6-5-7-14(13)9-11/h1,5-10H2,2-4H3/t13-/m1/s1. The third kappa shape index (κ3) is 1.75. The van der Waals surface area contributed by atoms with Crippen LogP contribution in [0.4, 0.5) is 0 Å². The molecule has 0 saturated carbocycles. The summed E-state index contributed by atoms with van der Waals surface area (Å²) < 4.78 is 0. The summed E-state index contributed by atoms with van der Waals surface area (Å²) in [4.78, 5) is 2.68. The summed E-state index contributed by atoms with van der Waals surface area (Å²) in [6.07, 6.45) is 5.37. The molecule has 14 heavy (non-hydrogen) atoms. The maximum absolute atomic E-state index is 4.17. The van der Waals surface area contributed by atoms with Crippen molar-refractivity contribution in [2.45, 2.75) is 52.0 Å². The van der Waals surface area contributed by atoms with Gasteiger partial charge in [-0.1, -0.05) is 32.9 Å². The van der Waals surface area contributed by atoms with Gasteiger partial charge >= 0.3 is 0 Å². The minimum Gasteiger partial charge on any atom is -0.293 e. The monoisotopic (exact) mass is 193 g/mol. The van der Waals surface area contributed by atoms with E-state index < -0.39 is 0 Å². The quantitative estimate of drug-likeness (QED) is 0.578. The molecule has 80 valence electrons. The van der Waals surface area contributed by atoms with Gasteiger partial charge < -0.3 is 0 Å². The SMILES string of the molecule is C=C1CN2CCC[C@]2(CC(C)(C)C)C1. The fourth-order valence-corrected chi connectivity index (χ4v) is 3.48. The molecule has 0 aromatic heterocycles. The highest BCUT2D eigenvalue weighted by molar-refractivity contribution is 5.18. The van der Waals surface area contributed by atoms with Crippen molar-refractivity contribution in [1.82, 2.24) is 4.90 Å². The molecule has 0 N–H and O–H groups in total. The molecule has 1 atom stereocenters. The van der Waals surface area contributed by atoms with Crippen LogP contribution in [0.2, 0.25) is 0 Å². The molecule has 0 radical (unpaired) electrons. The van der Waals surface area contributed by atoms with E-state index in [-0.39, 0.29) is 0 Å². The van der Waals surface area contributed by atoms with Gasteiger partial charge in [-0.3, -0.25) is 4.90 Å². The molecule has 2 aliphatic heterocycles. The molecule has 0 aliphatic carbocycles. The molecule has 0 unspecified atom stereocenters. The van der Waals surface area contributed by atoms with Crippen molar-refractivity contribution in [3.8, 4) is 0 Å². The Hall–Kier alpha value is -0.300. The zero-order valence-electron chi connectivity index (χ0n) is 9.90. The Morgan fingerprint density at radius 3 is 2.79 bits per heavy atom. The molecule has 0 spiro atoms. The van der Waals surface area contributed by atoms with Crippen molar-refractivity contribution < 1.29 is 0 Å². The van der Waals surface area contributed by atoms with Crippen molar-refractivity contribution in [3.05, 3.63) is 12.2 Å². The lowest BCUT2D eigenvalue weighted by atomic mass is 9.77. The molecule has 0 amide bonds. The van der Waals surface area contributed by atoms with E-state index in [1.54, 1.807) is 0 Å². The Morgan fingerprint density at radius 1 is 1.43 bits per heavy atom. The van der Waals surface area contributed by atoms with Gasteiger partial charge in [-0.05, 0) is 37.6 Å². The highest BCUT2D eigenvalue weighted by Gasteiger charge is 2.47. The molecular formula is C13H23N. The number of hydrogen-bond donors (Lipinski definition) is 0. The summed E-state index contributed by atoms with van der Waals surface area (Å²) in [6.45, 7) is 13.7. The molecule has 2 aliphatic rings. The maximum atomic E-state index is 4.17. The fraction of sp³-hybridized carbons (Fsp3) is 0.846. The van der Waals surface area contributed by atoms with E-state index in [1.165, 1.54) is 37.8 Å². The summed E-state index contributed by atoms with van der Waals surface area (Å²) in [5, 5.41) is 0. The van der Waals surface area contributed by atoms with E-state index in [2.05, 4.69) is 32.3 Å². The molecular weight excluding hydrogens is 170 g/mol. The number of hydrogen-bond acceptors (Lipinski definition) is 1. The lowest BCUT2D eigenvalue weighted by Gasteiger charge is -2.37. The highest BCUT2D eigenvalue weighted by Crippen LogP contribution is 2.47. The van der Waals surface area contributed by atoms with Crippen LogP contribution in [0.3, 0.4) is 0 Å². The van der Waals surface area contributed by atoms with Gasteiger partial charge in [-0.2, -0.15) is 0 Å². The van der Waals surface area contributed by atoms with Gasteiger partial charge in [0.1, 0.15) is 0 Å². The Morgan fingerprint density at radius 2 is 2.14 bits per heavy atom. The first-order chi connectivity index (χ1) is 6.41. The summed E-state index contributed by atoms with van der Waals surface area (Å²) in [7, 11) is 0. The minimum atomic E-state index is 0.452. The van der Waals surface area contributed by atoms with Crippen LogP contribution in [-0.4, -0.2) is 23.5 Å². The smallest absolute Gasteiger partial charge is 0.0255 e. The van der Waals surface area contributed by atoms with Crippen LogP contribution in [0.1, 0.15) is 46.5 Å². The molecule has 1 heteroatoms. The van der Waals surface area contributed by atoms with Crippen LogP contribution in [0.5, 0.6) is 0 Å². The zero-order valence-corrected chi connectivity index (χ0v) is 9.90. The second-order valence-electron chi connectivity index (χ2n) is 6.41. The fourth-order valence-electron chi connectivity index (χ4n) is 3.48. The van der Waals surface area contributed by atoms with Gasteiger partial charge in [0.05, 0.1) is 0 Å². The minimum absolute atomic E-state index is 0.452. The highest BCUT2D eigenvalue weighted by atomic mass is 15.2. The summed E-state index contributed by atoms with van der Waals surface area (Å²) in [5.74, 6) is 0. The predicted octanol–water partition coefficient (Wildman–Crippen LogP) is 3.22. The largest absolute Gasteiger partial charge is 0.293 e. The first kappa shape index (κ1) is 10.2. The van der Waals surface area contributed by atoms with E-state index in [4.69, 9.17) is 0 Å². The molecule has 2 rings (SSSR count). The van der Waals surface area contributed by atoms with Gasteiger partial charge in [-0.15, -0.1) is 0 Å². The second kappa shape index (κ2) is 3.10. The molecule has 2 heterocycles. The first-order valence-corrected chi connectivity index (χ1v) is 5.83. The Bertz CT molecular complexity index is 248. The third-order valence-electron chi connectivity index (χ3n) is 3.59. The normalized spacial score (nSPS) is 33.8. The average molecular weight is 193 g/mol. The van der Waals surface area contributed by atoms with Gasteiger partial charge in [0, 0.05) is 12.1 Å². The average Bonchev–Trinajstić information content (AvgIpc) is 2.38. The Labute approximate surface area is 88.2 Å². The van der Waals surface area contributed by atoms with Crippen molar-refractivity contribution in [1.29, 1.82) is 0 Å². The van der Waals surface area contributed by atoms with Crippen LogP contribution in [0.15, 0.2) is 12.2 Å². The van der Waals surface area contributed by atoms with E-state index in [0.717, 1.165) is 6.54 Å². The van der Waals surface area contributed by atoms with E-state index in [9.17, 15) is 0 Å². The van der Waals surface area contributed by atoms with E-state index in [1.807, 2.05) is 0 Å². The van der Waals surface area contributed by atoms with E-state index >= 15 is 0 Å². The van der Waals surface area contributed by atoms with Gasteiger partial charge in [0.15, 0.2) is 0 Å². The van der Waals surface area contributed by atoms with Crippen molar-refractivity contribution >= 4 is 0 Å². The molecule has 0 bridgehead atoms. The van der Waals surface area contributed by atoms with Crippen molar-refractivity contribution in [3.63, 3.8) is 0 Å². The van der Waals surface area contributed by atoms with Crippen LogP contribution < -0.4 is 0 Å². The van der Waals surface area contributed by atoms with Crippen LogP contribution in [0, 0.1) is 5.41 Å². The molecule has 1 nitrogen and oxygen atoms in total. The van der Waals surface area contributed by atoms with Crippen LogP contribution >= 0.6 is 0 Å². The number of nitrogens with zero attached hydrogens (tertiary/aromatic N) is 1. The molecule has 2 fully saturated rings. The summed E-state index contributed by atoms with van der Waals surface area (Å²) in [5.41, 5.74) is 2.40. The Balaban J connectivity index is 2.16. The second-order valence-corrected chi connectivity index (χ2v) is 6.41. The molecule has 0 aromatic rings. The first-order valence-electron chi connectivity index (χ1n) is 5.83. The summed E-state index contributed by atoms with van der Waals surface area (Å²) in [6, 6.07) is 0.